The molecule has 0 fully saturated rings. The summed E-state index contributed by atoms with van der Waals surface area (Å²) in [6, 6.07) is 0. The minimum absolute atomic E-state index is 0.755. The topological polar surface area (TPSA) is 0 Å². The zero-order chi connectivity index (χ0) is 7.98. The maximum absolute atomic E-state index is 2.33. The normalized spacial score (nSPS) is 17.6. The molecule has 0 aliphatic heterocycles. The summed E-state index contributed by atoms with van der Waals surface area (Å²) in [5.41, 5.74) is 0. The highest BCUT2D eigenvalue weighted by Gasteiger charge is 2.06. The zero-order valence-corrected chi connectivity index (χ0v) is 7.72. The maximum atomic E-state index is 2.33. The molecular formula is C10H20. The molecule has 0 aromatic heterocycles. The van der Waals surface area contributed by atoms with E-state index < -0.39 is 0 Å². The molecule has 60 valence electrons. The molecule has 0 saturated heterocycles. The second-order valence-corrected chi connectivity index (χ2v) is 3.15. The monoisotopic (exact) mass is 140 g/mol. The Bertz CT molecular complexity index is 92.2. The van der Waals surface area contributed by atoms with Gasteiger partial charge in [0, 0.05) is 0 Å². The molecule has 10 heavy (non-hydrogen) atoms. The van der Waals surface area contributed by atoms with Crippen LogP contribution in [0.4, 0.5) is 0 Å². The predicted molar refractivity (Wildman–Crippen MR) is 48.1 cm³/mol. The molecule has 0 heterocycles. The Morgan fingerprint density at radius 1 is 1.30 bits per heavy atom. The Hall–Kier alpha value is -0.260. The van der Waals surface area contributed by atoms with Crippen LogP contribution in [0.1, 0.15) is 40.5 Å². The molecule has 0 bridgehead atoms. The fourth-order valence-corrected chi connectivity index (χ4v) is 1.21. The largest absolute Gasteiger partial charge is 0.0914 e. The molecule has 0 aromatic carbocycles. The minimum Gasteiger partial charge on any atom is -0.0914 e. The molecule has 0 nitrogen and oxygen atoms in total. The Morgan fingerprint density at radius 3 is 2.30 bits per heavy atom. The van der Waals surface area contributed by atoms with Crippen molar-refractivity contribution >= 4 is 0 Å². The lowest BCUT2D eigenvalue weighted by molar-refractivity contribution is 0.423. The van der Waals surface area contributed by atoms with Crippen molar-refractivity contribution in [3.63, 3.8) is 0 Å². The van der Waals surface area contributed by atoms with Crippen molar-refractivity contribution in [2.24, 2.45) is 11.8 Å². The quantitative estimate of drug-likeness (QED) is 0.523. The molecule has 0 heteroatoms. The minimum atomic E-state index is 0.755. The molecule has 0 spiro atoms. The lowest BCUT2D eigenvalue weighted by Crippen LogP contribution is -2.03. The third kappa shape index (κ3) is 3.71. The standard InChI is InChI=1S/C10H20/c1-5-7-9(3)10(4)8-6-2/h5,7,9-10H,6,8H2,1-4H3/b7-5+. The van der Waals surface area contributed by atoms with E-state index in [-0.39, 0.29) is 0 Å². The summed E-state index contributed by atoms with van der Waals surface area (Å²) in [5.74, 6) is 1.60. The fourth-order valence-electron chi connectivity index (χ4n) is 1.21. The molecule has 2 unspecified atom stereocenters. The van der Waals surface area contributed by atoms with Crippen LogP contribution in [0.15, 0.2) is 12.2 Å². The van der Waals surface area contributed by atoms with Crippen LogP contribution >= 0.6 is 0 Å². The van der Waals surface area contributed by atoms with Gasteiger partial charge in [0.15, 0.2) is 0 Å². The first kappa shape index (κ1) is 9.74. The first-order chi connectivity index (χ1) is 4.72. The molecule has 2 atom stereocenters. The number of rotatable bonds is 4. The Morgan fingerprint density at radius 2 is 1.90 bits per heavy atom. The second kappa shape index (κ2) is 5.52. The smallest absolute Gasteiger partial charge is 0.0236 e. The van der Waals surface area contributed by atoms with Crippen LogP contribution in [-0.2, 0) is 0 Å². The van der Waals surface area contributed by atoms with Gasteiger partial charge in [-0.1, -0.05) is 45.8 Å². The molecule has 0 saturated carbocycles. The van der Waals surface area contributed by atoms with Crippen molar-refractivity contribution < 1.29 is 0 Å². The molecule has 0 aliphatic rings. The molecular weight excluding hydrogens is 120 g/mol. The van der Waals surface area contributed by atoms with Crippen LogP contribution in [0.3, 0.4) is 0 Å². The van der Waals surface area contributed by atoms with Crippen molar-refractivity contribution in [3.05, 3.63) is 12.2 Å². The van der Waals surface area contributed by atoms with Gasteiger partial charge >= 0.3 is 0 Å². The van der Waals surface area contributed by atoms with Crippen molar-refractivity contribution in [1.82, 2.24) is 0 Å². The fraction of sp³-hybridized carbons (Fsp3) is 0.800. The number of hydrogen-bond acceptors (Lipinski definition) is 0. The molecule has 0 N–H and O–H groups in total. The highest BCUT2D eigenvalue weighted by Crippen LogP contribution is 2.17. The number of hydrogen-bond donors (Lipinski definition) is 0. The van der Waals surface area contributed by atoms with Crippen molar-refractivity contribution in [1.29, 1.82) is 0 Å². The van der Waals surface area contributed by atoms with Crippen LogP contribution in [0, 0.1) is 11.8 Å². The van der Waals surface area contributed by atoms with Gasteiger partial charge in [-0.15, -0.1) is 0 Å². The summed E-state index contributed by atoms with van der Waals surface area (Å²) in [4.78, 5) is 0. The van der Waals surface area contributed by atoms with Crippen LogP contribution in [0.25, 0.3) is 0 Å². The van der Waals surface area contributed by atoms with E-state index in [1.165, 1.54) is 12.8 Å². The van der Waals surface area contributed by atoms with E-state index in [1.807, 2.05) is 0 Å². The van der Waals surface area contributed by atoms with Gasteiger partial charge < -0.3 is 0 Å². The van der Waals surface area contributed by atoms with E-state index >= 15 is 0 Å². The summed E-state index contributed by atoms with van der Waals surface area (Å²) in [6.07, 6.45) is 7.10. The number of allylic oxidation sites excluding steroid dienone is 2. The zero-order valence-electron chi connectivity index (χ0n) is 7.72. The van der Waals surface area contributed by atoms with E-state index in [2.05, 4.69) is 39.8 Å². The summed E-state index contributed by atoms with van der Waals surface area (Å²) in [5, 5.41) is 0. The van der Waals surface area contributed by atoms with Crippen LogP contribution < -0.4 is 0 Å². The average Bonchev–Trinajstić information content (AvgIpc) is 1.89. The second-order valence-electron chi connectivity index (χ2n) is 3.15. The van der Waals surface area contributed by atoms with Gasteiger partial charge in [0.1, 0.15) is 0 Å². The molecule has 0 rings (SSSR count). The van der Waals surface area contributed by atoms with Gasteiger partial charge in [0.2, 0.25) is 0 Å². The maximum Gasteiger partial charge on any atom is -0.0236 e. The highest BCUT2D eigenvalue weighted by molar-refractivity contribution is 4.85. The average molecular weight is 140 g/mol. The third-order valence-electron chi connectivity index (χ3n) is 2.14. The van der Waals surface area contributed by atoms with E-state index in [1.54, 1.807) is 0 Å². The van der Waals surface area contributed by atoms with E-state index in [0.717, 1.165) is 11.8 Å². The molecule has 0 aromatic rings. The Kier molecular flexibility index (Phi) is 5.38. The van der Waals surface area contributed by atoms with Gasteiger partial charge in [-0.3, -0.25) is 0 Å². The first-order valence-corrected chi connectivity index (χ1v) is 4.35. The molecule has 0 radical (unpaired) electrons. The molecule has 0 aliphatic carbocycles. The summed E-state index contributed by atoms with van der Waals surface area (Å²) in [7, 11) is 0. The van der Waals surface area contributed by atoms with E-state index in [4.69, 9.17) is 0 Å². The van der Waals surface area contributed by atoms with Crippen molar-refractivity contribution in [2.75, 3.05) is 0 Å². The van der Waals surface area contributed by atoms with Crippen LogP contribution in [0.5, 0.6) is 0 Å². The molecule has 0 amide bonds. The van der Waals surface area contributed by atoms with Crippen LogP contribution in [-0.4, -0.2) is 0 Å². The Labute approximate surface area is 65.3 Å². The summed E-state index contributed by atoms with van der Waals surface area (Å²) >= 11 is 0. The predicted octanol–water partition coefficient (Wildman–Crippen LogP) is 3.63. The summed E-state index contributed by atoms with van der Waals surface area (Å²) in [6.45, 7) is 8.96. The van der Waals surface area contributed by atoms with Crippen molar-refractivity contribution in [2.45, 2.75) is 40.5 Å². The first-order valence-electron chi connectivity index (χ1n) is 4.35. The van der Waals surface area contributed by atoms with Crippen LogP contribution in [0.2, 0.25) is 0 Å². The van der Waals surface area contributed by atoms with Gasteiger partial charge in [0.05, 0.1) is 0 Å². The van der Waals surface area contributed by atoms with E-state index in [0.29, 0.717) is 0 Å². The lowest BCUT2D eigenvalue weighted by atomic mass is 9.92. The Balaban J connectivity index is 3.58. The van der Waals surface area contributed by atoms with Gasteiger partial charge in [-0.25, -0.2) is 0 Å². The van der Waals surface area contributed by atoms with Gasteiger partial charge in [-0.05, 0) is 18.8 Å². The van der Waals surface area contributed by atoms with Gasteiger partial charge in [-0.2, -0.15) is 0 Å². The highest BCUT2D eigenvalue weighted by atomic mass is 14.1. The van der Waals surface area contributed by atoms with Gasteiger partial charge in [0.25, 0.3) is 0 Å². The van der Waals surface area contributed by atoms with E-state index in [9.17, 15) is 0 Å². The summed E-state index contributed by atoms with van der Waals surface area (Å²) < 4.78 is 0. The SMILES string of the molecule is C/C=C/C(C)C(C)CCC. The van der Waals surface area contributed by atoms with Crippen molar-refractivity contribution in [3.8, 4) is 0 Å². The third-order valence-corrected chi connectivity index (χ3v) is 2.14. The lowest BCUT2D eigenvalue weighted by Gasteiger charge is -2.14.